The number of carbonyl (C=O) groups excluding carboxylic acids is 3. The molecule has 0 aromatic heterocycles. The number of Topliss-reactive ketones (excluding diaryl/α,β-unsaturated/α-hetero) is 1. The Labute approximate surface area is 150 Å². The van der Waals surface area contributed by atoms with E-state index in [4.69, 9.17) is 0 Å². The summed E-state index contributed by atoms with van der Waals surface area (Å²) in [4.78, 5) is 37.0. The van der Waals surface area contributed by atoms with E-state index in [1.54, 1.807) is 60.7 Å². The molecule has 1 N–H and O–H groups in total. The first-order valence-corrected chi connectivity index (χ1v) is 8.09. The molecule has 6 nitrogen and oxygen atoms in total. The summed E-state index contributed by atoms with van der Waals surface area (Å²) in [5, 5.41) is 21.5. The van der Waals surface area contributed by atoms with E-state index < -0.39 is 30.1 Å². The molecule has 1 aliphatic rings. The van der Waals surface area contributed by atoms with Crippen LogP contribution in [-0.2, 0) is 14.4 Å². The standard InChI is InChI=1S/C20H17NO5/c22-15(23)11-12-21-17(13-7-3-1-4-8-13)16(19(25)20(21)26)18(24)14-9-5-2-6-10-14/h1-10,17,24H,11-12H2,(H,22,23)/p-1/t17-/m0/s1. The Bertz CT molecular complexity index is 874. The second-order valence-corrected chi connectivity index (χ2v) is 5.89. The number of carbonyl (C=O) groups is 3. The van der Waals surface area contributed by atoms with Gasteiger partial charge in [-0.1, -0.05) is 60.7 Å². The summed E-state index contributed by atoms with van der Waals surface area (Å²) >= 11 is 0. The van der Waals surface area contributed by atoms with E-state index in [9.17, 15) is 24.6 Å². The van der Waals surface area contributed by atoms with Crippen LogP contribution in [0.15, 0.2) is 66.2 Å². The summed E-state index contributed by atoms with van der Waals surface area (Å²) in [5.74, 6) is -3.27. The van der Waals surface area contributed by atoms with Crippen LogP contribution in [-0.4, -0.2) is 34.2 Å². The van der Waals surface area contributed by atoms with Crippen molar-refractivity contribution in [3.05, 3.63) is 77.4 Å². The number of rotatable bonds is 5. The van der Waals surface area contributed by atoms with E-state index in [-0.39, 0.29) is 17.9 Å². The number of hydrogen-bond acceptors (Lipinski definition) is 5. The molecule has 0 bridgehead atoms. The minimum atomic E-state index is -1.32. The number of carboxylic acid groups (broad SMARTS) is 1. The Morgan fingerprint density at radius 3 is 2.15 bits per heavy atom. The van der Waals surface area contributed by atoms with Gasteiger partial charge in [0, 0.05) is 24.5 Å². The van der Waals surface area contributed by atoms with Gasteiger partial charge >= 0.3 is 0 Å². The van der Waals surface area contributed by atoms with Gasteiger partial charge in [-0.3, -0.25) is 9.59 Å². The van der Waals surface area contributed by atoms with Gasteiger partial charge in [-0.05, 0) is 5.56 Å². The number of amides is 1. The van der Waals surface area contributed by atoms with Crippen LogP contribution in [0.2, 0.25) is 0 Å². The van der Waals surface area contributed by atoms with Crippen LogP contribution in [0.25, 0.3) is 5.76 Å². The van der Waals surface area contributed by atoms with Crippen molar-refractivity contribution < 1.29 is 24.6 Å². The predicted octanol–water partition coefficient (Wildman–Crippen LogP) is 1.25. The normalized spacial score (nSPS) is 18.9. The minimum absolute atomic E-state index is 0.0502. The van der Waals surface area contributed by atoms with Crippen LogP contribution >= 0.6 is 0 Å². The lowest BCUT2D eigenvalue weighted by atomic mass is 9.95. The Kier molecular flexibility index (Phi) is 4.84. The molecule has 0 radical (unpaired) electrons. The van der Waals surface area contributed by atoms with Crippen molar-refractivity contribution >= 4 is 23.4 Å². The molecule has 6 heteroatoms. The zero-order valence-electron chi connectivity index (χ0n) is 13.8. The quantitative estimate of drug-likeness (QED) is 0.497. The zero-order valence-corrected chi connectivity index (χ0v) is 13.8. The van der Waals surface area contributed by atoms with Crippen molar-refractivity contribution in [2.24, 2.45) is 0 Å². The number of aliphatic hydroxyl groups excluding tert-OH is 1. The highest BCUT2D eigenvalue weighted by molar-refractivity contribution is 6.46. The number of likely N-dealkylation sites (tertiary alicyclic amines) is 1. The molecule has 1 aliphatic heterocycles. The van der Waals surface area contributed by atoms with Crippen molar-refractivity contribution in [2.45, 2.75) is 12.5 Å². The Morgan fingerprint density at radius 2 is 1.58 bits per heavy atom. The second-order valence-electron chi connectivity index (χ2n) is 5.89. The molecule has 1 atom stereocenters. The van der Waals surface area contributed by atoms with Crippen molar-refractivity contribution in [3.63, 3.8) is 0 Å². The Hall–Kier alpha value is -3.41. The molecule has 3 rings (SSSR count). The summed E-state index contributed by atoms with van der Waals surface area (Å²) < 4.78 is 0. The molecule has 1 saturated heterocycles. The van der Waals surface area contributed by atoms with Gasteiger partial charge in [0.05, 0.1) is 11.6 Å². The maximum absolute atomic E-state index is 12.6. The molecule has 0 saturated carbocycles. The van der Waals surface area contributed by atoms with Gasteiger partial charge in [0.1, 0.15) is 5.76 Å². The molecule has 2 aromatic carbocycles. The van der Waals surface area contributed by atoms with E-state index in [0.29, 0.717) is 11.1 Å². The van der Waals surface area contributed by atoms with Crippen LogP contribution in [0.4, 0.5) is 0 Å². The third-order valence-electron chi connectivity index (χ3n) is 4.26. The molecule has 26 heavy (non-hydrogen) atoms. The molecule has 0 aliphatic carbocycles. The molecule has 2 aromatic rings. The summed E-state index contributed by atoms with van der Waals surface area (Å²) in [5.41, 5.74) is 0.972. The van der Waals surface area contributed by atoms with E-state index in [1.165, 1.54) is 4.90 Å². The average molecular weight is 350 g/mol. The number of benzene rings is 2. The maximum atomic E-state index is 12.6. The highest BCUT2D eigenvalue weighted by Gasteiger charge is 2.45. The first kappa shape index (κ1) is 17.4. The molecular formula is C20H16NO5-. The molecule has 0 unspecified atom stereocenters. The Morgan fingerprint density at radius 1 is 1.00 bits per heavy atom. The lowest BCUT2D eigenvalue weighted by Crippen LogP contribution is -2.34. The summed E-state index contributed by atoms with van der Waals surface area (Å²) in [6, 6.07) is 16.3. The number of hydrogen-bond donors (Lipinski definition) is 1. The van der Waals surface area contributed by atoms with Gasteiger partial charge < -0.3 is 19.9 Å². The largest absolute Gasteiger partial charge is 0.550 e. The van der Waals surface area contributed by atoms with Crippen LogP contribution < -0.4 is 5.11 Å². The summed E-state index contributed by atoms with van der Waals surface area (Å²) in [6.07, 6.45) is -0.401. The average Bonchev–Trinajstić information content (AvgIpc) is 2.91. The van der Waals surface area contributed by atoms with E-state index in [1.807, 2.05) is 0 Å². The molecule has 1 amide bonds. The summed E-state index contributed by atoms with van der Waals surface area (Å²) in [6.45, 7) is -0.183. The monoisotopic (exact) mass is 350 g/mol. The van der Waals surface area contributed by atoms with Gasteiger partial charge in [-0.2, -0.15) is 0 Å². The van der Waals surface area contributed by atoms with Crippen molar-refractivity contribution in [2.75, 3.05) is 6.54 Å². The molecule has 1 fully saturated rings. The number of ketones is 1. The lowest BCUT2D eigenvalue weighted by molar-refractivity contribution is -0.305. The number of aliphatic carboxylic acids is 1. The van der Waals surface area contributed by atoms with Gasteiger partial charge in [0.2, 0.25) is 0 Å². The second kappa shape index (κ2) is 7.23. The maximum Gasteiger partial charge on any atom is 0.295 e. The Balaban J connectivity index is 2.13. The first-order valence-electron chi connectivity index (χ1n) is 8.09. The SMILES string of the molecule is O=C([O-])CCN1C(=O)C(=O)C(=C(O)c2ccccc2)[C@@H]1c1ccccc1. The fourth-order valence-electron chi connectivity index (χ4n) is 3.06. The zero-order chi connectivity index (χ0) is 18.7. The van der Waals surface area contributed by atoms with E-state index >= 15 is 0 Å². The van der Waals surface area contributed by atoms with Crippen LogP contribution in [0.1, 0.15) is 23.6 Å². The first-order chi connectivity index (χ1) is 12.5. The van der Waals surface area contributed by atoms with Gasteiger partial charge in [0.15, 0.2) is 0 Å². The minimum Gasteiger partial charge on any atom is -0.550 e. The van der Waals surface area contributed by atoms with Gasteiger partial charge in [-0.15, -0.1) is 0 Å². The fourth-order valence-corrected chi connectivity index (χ4v) is 3.06. The third kappa shape index (κ3) is 3.21. The van der Waals surface area contributed by atoms with Crippen LogP contribution in [0.3, 0.4) is 0 Å². The van der Waals surface area contributed by atoms with Crippen LogP contribution in [0, 0.1) is 0 Å². The smallest absolute Gasteiger partial charge is 0.295 e. The third-order valence-corrected chi connectivity index (χ3v) is 4.26. The van der Waals surface area contributed by atoms with Crippen molar-refractivity contribution in [3.8, 4) is 0 Å². The lowest BCUT2D eigenvalue weighted by Gasteiger charge is -2.25. The number of nitrogens with zero attached hydrogens (tertiary/aromatic N) is 1. The van der Waals surface area contributed by atoms with Crippen molar-refractivity contribution in [1.82, 2.24) is 4.90 Å². The number of carboxylic acids is 1. The van der Waals surface area contributed by atoms with E-state index in [2.05, 4.69) is 0 Å². The number of aliphatic hydroxyl groups is 1. The molecular weight excluding hydrogens is 334 g/mol. The fraction of sp³-hybridized carbons (Fsp3) is 0.150. The van der Waals surface area contributed by atoms with E-state index in [0.717, 1.165) is 0 Å². The predicted molar refractivity (Wildman–Crippen MR) is 91.5 cm³/mol. The molecule has 132 valence electrons. The molecule has 0 spiro atoms. The van der Waals surface area contributed by atoms with Crippen LogP contribution in [0.5, 0.6) is 0 Å². The molecule has 1 heterocycles. The van der Waals surface area contributed by atoms with Gasteiger partial charge in [-0.25, -0.2) is 0 Å². The highest BCUT2D eigenvalue weighted by Crippen LogP contribution is 2.39. The van der Waals surface area contributed by atoms with Gasteiger partial charge in [0.25, 0.3) is 11.7 Å². The van der Waals surface area contributed by atoms with Crippen molar-refractivity contribution in [1.29, 1.82) is 0 Å². The summed E-state index contributed by atoms with van der Waals surface area (Å²) in [7, 11) is 0. The topological polar surface area (TPSA) is 97.7 Å². The highest BCUT2D eigenvalue weighted by atomic mass is 16.4.